The number of aromatic nitrogens is 2. The van der Waals surface area contributed by atoms with Gasteiger partial charge >= 0.3 is 0 Å². The van der Waals surface area contributed by atoms with Gasteiger partial charge in [-0.2, -0.15) is 0 Å². The molecule has 1 spiro atoms. The van der Waals surface area contributed by atoms with E-state index < -0.39 is 0 Å². The average molecular weight is 435 g/mol. The molecule has 6 rings (SSSR count). The maximum atomic E-state index is 13.8. The summed E-state index contributed by atoms with van der Waals surface area (Å²) in [5, 5.41) is 0. The second-order valence-electron chi connectivity index (χ2n) is 10.3. The van der Waals surface area contributed by atoms with E-state index in [4.69, 9.17) is 4.98 Å². The van der Waals surface area contributed by atoms with Crippen LogP contribution in [0.2, 0.25) is 0 Å². The van der Waals surface area contributed by atoms with Crippen molar-refractivity contribution >= 4 is 11.3 Å². The molecule has 1 N–H and O–H groups in total. The molecule has 0 amide bonds. The lowest BCUT2D eigenvalue weighted by atomic mass is 9.84. The van der Waals surface area contributed by atoms with Gasteiger partial charge in [0.05, 0.1) is 5.69 Å². The average Bonchev–Trinajstić information content (AvgIpc) is 3.34. The van der Waals surface area contributed by atoms with E-state index in [1.54, 1.807) is 12.1 Å². The van der Waals surface area contributed by atoms with Crippen molar-refractivity contribution in [1.29, 1.82) is 0 Å². The third-order valence-corrected chi connectivity index (χ3v) is 8.08. The van der Waals surface area contributed by atoms with Crippen LogP contribution in [0.1, 0.15) is 54.7 Å². The highest BCUT2D eigenvalue weighted by Gasteiger charge is 2.45. The Labute approximate surface area is 188 Å². The van der Waals surface area contributed by atoms with Gasteiger partial charge in [0.1, 0.15) is 11.6 Å². The Morgan fingerprint density at radius 1 is 1.09 bits per heavy atom. The molecule has 1 aromatic heterocycles. The summed E-state index contributed by atoms with van der Waals surface area (Å²) in [7, 11) is 0. The number of fused-ring (bicyclic) bond motifs is 1. The number of hydrogen-bond acceptors (Lipinski definition) is 4. The predicted molar refractivity (Wildman–Crippen MR) is 124 cm³/mol. The first-order chi connectivity index (χ1) is 15.5. The molecule has 1 saturated carbocycles. The summed E-state index contributed by atoms with van der Waals surface area (Å²) in [4.78, 5) is 25.6. The van der Waals surface area contributed by atoms with Gasteiger partial charge in [0.2, 0.25) is 0 Å². The lowest BCUT2D eigenvalue weighted by molar-refractivity contribution is 0.214. The SMILES string of the molecule is Cc1cc(F)cc(N2CCN([C@H]3C=C(c4nc5c(c(=O)[nH]4)CC4(CC5)CC4)CC3)CC2)c1. The Balaban J connectivity index is 1.14. The molecule has 168 valence electrons. The Morgan fingerprint density at radius 3 is 2.66 bits per heavy atom. The number of benzene rings is 1. The van der Waals surface area contributed by atoms with E-state index in [0.29, 0.717) is 11.5 Å². The number of aryl methyl sites for hydroxylation is 2. The van der Waals surface area contributed by atoms with Crippen LogP contribution in [0.4, 0.5) is 10.1 Å². The van der Waals surface area contributed by atoms with Gasteiger partial charge in [-0.25, -0.2) is 9.37 Å². The first-order valence-electron chi connectivity index (χ1n) is 12.1. The van der Waals surface area contributed by atoms with Crippen molar-refractivity contribution in [3.63, 3.8) is 0 Å². The first kappa shape index (κ1) is 20.2. The highest BCUT2D eigenvalue weighted by Crippen LogP contribution is 2.53. The van der Waals surface area contributed by atoms with Crippen LogP contribution >= 0.6 is 0 Å². The van der Waals surface area contributed by atoms with Gasteiger partial charge < -0.3 is 9.88 Å². The number of rotatable bonds is 3. The van der Waals surface area contributed by atoms with Crippen molar-refractivity contribution in [2.75, 3.05) is 31.1 Å². The van der Waals surface area contributed by atoms with Crippen LogP contribution in [0.25, 0.3) is 5.57 Å². The fourth-order valence-electron chi connectivity index (χ4n) is 5.94. The monoisotopic (exact) mass is 434 g/mol. The predicted octanol–water partition coefficient (Wildman–Crippen LogP) is 3.85. The molecule has 1 aromatic carbocycles. The first-order valence-corrected chi connectivity index (χ1v) is 12.1. The van der Waals surface area contributed by atoms with E-state index in [1.165, 1.54) is 24.8 Å². The van der Waals surface area contributed by atoms with E-state index in [0.717, 1.165) is 80.2 Å². The molecule has 0 bridgehead atoms. The molecule has 5 nitrogen and oxygen atoms in total. The van der Waals surface area contributed by atoms with Crippen LogP contribution in [0, 0.1) is 18.2 Å². The molecule has 1 aliphatic heterocycles. The molecule has 32 heavy (non-hydrogen) atoms. The molecular formula is C26H31FN4O. The van der Waals surface area contributed by atoms with Crippen LogP contribution in [0.15, 0.2) is 29.1 Å². The Kier molecular flexibility index (Phi) is 4.75. The summed E-state index contributed by atoms with van der Waals surface area (Å²) in [5.41, 5.74) is 5.61. The van der Waals surface area contributed by atoms with Crippen molar-refractivity contribution in [1.82, 2.24) is 14.9 Å². The zero-order valence-corrected chi connectivity index (χ0v) is 18.8. The molecule has 6 heteroatoms. The number of halogens is 1. The van der Waals surface area contributed by atoms with E-state index >= 15 is 0 Å². The van der Waals surface area contributed by atoms with Crippen LogP contribution in [-0.4, -0.2) is 47.1 Å². The minimum Gasteiger partial charge on any atom is -0.369 e. The van der Waals surface area contributed by atoms with Crippen molar-refractivity contribution in [2.24, 2.45) is 5.41 Å². The van der Waals surface area contributed by atoms with E-state index in [2.05, 4.69) is 26.9 Å². The quantitative estimate of drug-likeness (QED) is 0.797. The third kappa shape index (κ3) is 3.68. The van der Waals surface area contributed by atoms with Gasteiger partial charge in [0.25, 0.3) is 5.56 Å². The summed E-state index contributed by atoms with van der Waals surface area (Å²) < 4.78 is 13.8. The summed E-state index contributed by atoms with van der Waals surface area (Å²) >= 11 is 0. The normalized spacial score (nSPS) is 24.5. The number of hydrogen-bond donors (Lipinski definition) is 1. The van der Waals surface area contributed by atoms with Crippen molar-refractivity contribution < 1.29 is 4.39 Å². The lowest BCUT2D eigenvalue weighted by Crippen LogP contribution is -2.49. The van der Waals surface area contributed by atoms with Gasteiger partial charge in [-0.3, -0.25) is 9.69 Å². The Hall–Kier alpha value is -2.47. The standard InChI is InChI=1S/C26H31FN4O/c1-17-12-19(27)15-21(13-17)31-10-8-30(9-11-31)20-3-2-18(14-20)24-28-23-4-5-26(6-7-26)16-22(23)25(32)29-24/h12-15,20H,2-11,16H2,1H3,(H,28,29,32)/t20-/m1/s1. The lowest BCUT2D eigenvalue weighted by Gasteiger charge is -2.38. The fraction of sp³-hybridized carbons (Fsp3) is 0.538. The molecule has 1 saturated heterocycles. The summed E-state index contributed by atoms with van der Waals surface area (Å²) in [6, 6.07) is 5.67. The number of aromatic amines is 1. The molecule has 0 radical (unpaired) electrons. The Bertz CT molecular complexity index is 1120. The minimum absolute atomic E-state index is 0.0827. The van der Waals surface area contributed by atoms with Gasteiger partial charge in [-0.1, -0.05) is 6.08 Å². The molecule has 0 unspecified atom stereocenters. The van der Waals surface area contributed by atoms with Gasteiger partial charge in [-0.05, 0) is 86.6 Å². The third-order valence-electron chi connectivity index (χ3n) is 8.08. The van der Waals surface area contributed by atoms with Crippen LogP contribution in [-0.2, 0) is 12.8 Å². The van der Waals surface area contributed by atoms with E-state index in [1.807, 2.05) is 6.92 Å². The molecule has 1 atom stereocenters. The zero-order valence-electron chi connectivity index (χ0n) is 18.8. The minimum atomic E-state index is -0.162. The van der Waals surface area contributed by atoms with Crippen molar-refractivity contribution in [3.05, 3.63) is 63.1 Å². The molecule has 2 heterocycles. The second kappa shape index (κ2) is 7.55. The second-order valence-corrected chi connectivity index (χ2v) is 10.3. The molecule has 2 aromatic rings. The largest absolute Gasteiger partial charge is 0.369 e. The summed E-state index contributed by atoms with van der Waals surface area (Å²) in [5.74, 6) is 0.626. The van der Waals surface area contributed by atoms with E-state index in [9.17, 15) is 9.18 Å². The zero-order chi connectivity index (χ0) is 21.9. The molecule has 2 fully saturated rings. The molecule has 3 aliphatic carbocycles. The molecular weight excluding hydrogens is 403 g/mol. The van der Waals surface area contributed by atoms with Gasteiger partial charge in [0, 0.05) is 43.5 Å². The maximum Gasteiger partial charge on any atom is 0.254 e. The van der Waals surface area contributed by atoms with Crippen LogP contribution in [0.5, 0.6) is 0 Å². The van der Waals surface area contributed by atoms with Crippen molar-refractivity contribution in [2.45, 2.75) is 57.9 Å². The Morgan fingerprint density at radius 2 is 1.91 bits per heavy atom. The molecule has 4 aliphatic rings. The number of nitrogens with zero attached hydrogens (tertiary/aromatic N) is 3. The van der Waals surface area contributed by atoms with Crippen LogP contribution < -0.4 is 10.5 Å². The van der Waals surface area contributed by atoms with Crippen molar-refractivity contribution in [3.8, 4) is 0 Å². The summed E-state index contributed by atoms with van der Waals surface area (Å²) in [6.07, 6.45) is 9.94. The number of H-pyrrole nitrogens is 1. The number of piperazine rings is 1. The van der Waals surface area contributed by atoms with E-state index in [-0.39, 0.29) is 11.4 Å². The maximum absolute atomic E-state index is 13.8. The van der Waals surface area contributed by atoms with Crippen LogP contribution in [0.3, 0.4) is 0 Å². The van der Waals surface area contributed by atoms with Gasteiger partial charge in [0.15, 0.2) is 0 Å². The highest BCUT2D eigenvalue weighted by atomic mass is 19.1. The number of allylic oxidation sites excluding steroid dienone is 1. The topological polar surface area (TPSA) is 52.2 Å². The number of nitrogens with one attached hydrogen (secondary N) is 1. The summed E-state index contributed by atoms with van der Waals surface area (Å²) in [6.45, 7) is 5.66. The van der Waals surface area contributed by atoms with Gasteiger partial charge in [-0.15, -0.1) is 0 Å². The smallest absolute Gasteiger partial charge is 0.254 e. The fourth-order valence-corrected chi connectivity index (χ4v) is 5.94. The number of anilines is 1. The highest BCUT2D eigenvalue weighted by molar-refractivity contribution is 5.63.